The van der Waals surface area contributed by atoms with Crippen LogP contribution in [0.25, 0.3) is 0 Å². The van der Waals surface area contributed by atoms with Gasteiger partial charge in [-0.25, -0.2) is 0 Å². The summed E-state index contributed by atoms with van der Waals surface area (Å²) in [7, 11) is 0. The molecule has 0 spiro atoms. The average molecular weight is 392 g/mol. The molecule has 0 fully saturated rings. The van der Waals surface area contributed by atoms with Crippen LogP contribution in [0.1, 0.15) is 54.4 Å². The highest BCUT2D eigenvalue weighted by molar-refractivity contribution is 8.00. The van der Waals surface area contributed by atoms with E-state index in [1.165, 1.54) is 0 Å². The van der Waals surface area contributed by atoms with Crippen molar-refractivity contribution in [3.05, 3.63) is 0 Å². The number of carbonyl (C=O) groups is 2. The van der Waals surface area contributed by atoms with Crippen LogP contribution >= 0.6 is 23.5 Å². The Bertz CT molecular complexity index is 355. The Balaban J connectivity index is 3.47. The van der Waals surface area contributed by atoms with E-state index in [1.807, 2.05) is 23.5 Å². The van der Waals surface area contributed by atoms with Gasteiger partial charge in [-0.1, -0.05) is 41.5 Å². The highest BCUT2D eigenvalue weighted by Crippen LogP contribution is 2.22. The van der Waals surface area contributed by atoms with E-state index in [0.717, 1.165) is 11.5 Å². The van der Waals surface area contributed by atoms with E-state index in [1.54, 1.807) is 0 Å². The monoisotopic (exact) mass is 391 g/mol. The molecule has 0 rings (SSSR count). The predicted octanol–water partition coefficient (Wildman–Crippen LogP) is 2.65. The number of rotatable bonds is 12. The molecule has 0 radical (unpaired) electrons. The van der Waals surface area contributed by atoms with Crippen LogP contribution in [-0.2, 0) is 9.59 Å². The van der Waals surface area contributed by atoms with E-state index in [0.29, 0.717) is 39.0 Å². The lowest BCUT2D eigenvalue weighted by Crippen LogP contribution is -2.32. The zero-order valence-electron chi connectivity index (χ0n) is 16.8. The second kappa shape index (κ2) is 12.9. The third-order valence-corrected chi connectivity index (χ3v) is 5.52. The van der Waals surface area contributed by atoms with Crippen LogP contribution in [0.3, 0.4) is 0 Å². The summed E-state index contributed by atoms with van der Waals surface area (Å²) >= 11 is 3.69. The molecule has 0 aliphatic carbocycles. The maximum Gasteiger partial charge on any atom is 0.221 e. The second-order valence-corrected chi connectivity index (χ2v) is 11.7. The first-order valence-corrected chi connectivity index (χ1v) is 11.0. The van der Waals surface area contributed by atoms with E-state index >= 15 is 0 Å². The zero-order chi connectivity index (χ0) is 19.3. The summed E-state index contributed by atoms with van der Waals surface area (Å²) in [6.45, 7) is 15.6. The second-order valence-electron chi connectivity index (χ2n) is 7.87. The first kappa shape index (κ1) is 24.6. The third kappa shape index (κ3) is 19.8. The van der Waals surface area contributed by atoms with Gasteiger partial charge in [0.25, 0.3) is 0 Å². The van der Waals surface area contributed by atoms with Crippen molar-refractivity contribution in [1.82, 2.24) is 16.0 Å². The van der Waals surface area contributed by atoms with Gasteiger partial charge in [0.1, 0.15) is 0 Å². The van der Waals surface area contributed by atoms with Crippen LogP contribution in [0.4, 0.5) is 0 Å². The number of hydrogen-bond acceptors (Lipinski definition) is 5. The van der Waals surface area contributed by atoms with Crippen LogP contribution in [0.2, 0.25) is 0 Å². The molecule has 0 unspecified atom stereocenters. The molecule has 0 aromatic carbocycles. The summed E-state index contributed by atoms with van der Waals surface area (Å²) in [6, 6.07) is 0. The van der Waals surface area contributed by atoms with Crippen LogP contribution in [0.15, 0.2) is 0 Å². The molecule has 0 aromatic heterocycles. The maximum atomic E-state index is 11.7. The fourth-order valence-corrected chi connectivity index (χ4v) is 3.43. The van der Waals surface area contributed by atoms with Gasteiger partial charge in [-0.2, -0.15) is 23.5 Å². The highest BCUT2D eigenvalue weighted by atomic mass is 32.2. The van der Waals surface area contributed by atoms with Gasteiger partial charge in [0.05, 0.1) is 0 Å². The summed E-state index contributed by atoms with van der Waals surface area (Å²) in [5.41, 5.74) is 0. The quantitative estimate of drug-likeness (QED) is 0.446. The number of carbonyl (C=O) groups excluding carboxylic acids is 2. The fourth-order valence-electron chi connectivity index (χ4n) is 1.80. The minimum atomic E-state index is 0.0608. The lowest BCUT2D eigenvalue weighted by Gasteiger charge is -2.17. The molecule has 2 amide bonds. The summed E-state index contributed by atoms with van der Waals surface area (Å²) in [4.78, 5) is 23.4. The fraction of sp³-hybridized carbons (Fsp3) is 0.889. The molecule has 148 valence electrons. The van der Waals surface area contributed by atoms with Crippen molar-refractivity contribution >= 4 is 35.3 Å². The molecule has 3 N–H and O–H groups in total. The van der Waals surface area contributed by atoms with Gasteiger partial charge in [0, 0.05) is 60.0 Å². The molecular formula is C18H37N3O2S2. The van der Waals surface area contributed by atoms with Gasteiger partial charge in [0.15, 0.2) is 0 Å². The number of hydrogen-bond donors (Lipinski definition) is 3. The average Bonchev–Trinajstić information content (AvgIpc) is 2.46. The predicted molar refractivity (Wildman–Crippen MR) is 113 cm³/mol. The zero-order valence-corrected chi connectivity index (χ0v) is 18.4. The lowest BCUT2D eigenvalue weighted by molar-refractivity contribution is -0.121. The third-order valence-electron chi connectivity index (χ3n) is 2.98. The lowest BCUT2D eigenvalue weighted by atomic mass is 10.3. The summed E-state index contributed by atoms with van der Waals surface area (Å²) < 4.78 is 0.469. The van der Waals surface area contributed by atoms with E-state index in [4.69, 9.17) is 0 Å². The molecule has 0 aromatic rings. The Kier molecular flexibility index (Phi) is 12.7. The minimum Gasteiger partial charge on any atom is -0.355 e. The first-order chi connectivity index (χ1) is 11.5. The number of thioether (sulfide) groups is 2. The standard InChI is InChI=1S/C18H37N3O2S2/c1-17(2,3)24-13-11-20-15(22)7-9-19-10-8-16(23)21-12-14-25-18(4,5)6/h19H,7-14H2,1-6H3,(H,20,22)(H,21,23). The molecule has 0 bridgehead atoms. The molecule has 0 saturated heterocycles. The van der Waals surface area contributed by atoms with Crippen LogP contribution in [0.5, 0.6) is 0 Å². The van der Waals surface area contributed by atoms with E-state index in [9.17, 15) is 9.59 Å². The van der Waals surface area contributed by atoms with E-state index < -0.39 is 0 Å². The number of nitrogens with one attached hydrogen (secondary N) is 3. The Morgan fingerprint density at radius 1 is 0.680 bits per heavy atom. The SMILES string of the molecule is CC(C)(C)SCCNC(=O)CCNCCC(=O)NCCSC(C)(C)C. The molecule has 0 aliphatic rings. The summed E-state index contributed by atoms with van der Waals surface area (Å²) in [5.74, 6) is 1.98. The van der Waals surface area contributed by atoms with Crippen LogP contribution < -0.4 is 16.0 Å². The van der Waals surface area contributed by atoms with E-state index in [-0.39, 0.29) is 21.3 Å². The van der Waals surface area contributed by atoms with Gasteiger partial charge in [-0.05, 0) is 0 Å². The first-order valence-electron chi connectivity index (χ1n) is 9.02. The Hall–Kier alpha value is -0.400. The van der Waals surface area contributed by atoms with Gasteiger partial charge in [-0.15, -0.1) is 0 Å². The molecule has 0 saturated carbocycles. The summed E-state index contributed by atoms with van der Waals surface area (Å²) in [5, 5.41) is 8.98. The molecule has 7 heteroatoms. The van der Waals surface area contributed by atoms with Crippen LogP contribution in [0, 0.1) is 0 Å². The smallest absolute Gasteiger partial charge is 0.221 e. The minimum absolute atomic E-state index is 0.0608. The van der Waals surface area contributed by atoms with Gasteiger partial charge in [0.2, 0.25) is 11.8 Å². The molecular weight excluding hydrogens is 354 g/mol. The topological polar surface area (TPSA) is 70.2 Å². The Morgan fingerprint density at radius 2 is 1.04 bits per heavy atom. The normalized spacial score (nSPS) is 12.1. The van der Waals surface area contributed by atoms with Crippen molar-refractivity contribution in [2.24, 2.45) is 0 Å². The Morgan fingerprint density at radius 3 is 1.36 bits per heavy atom. The van der Waals surface area contributed by atoms with Crippen molar-refractivity contribution in [2.45, 2.75) is 63.9 Å². The van der Waals surface area contributed by atoms with Gasteiger partial charge in [-0.3, -0.25) is 9.59 Å². The van der Waals surface area contributed by atoms with Gasteiger partial charge >= 0.3 is 0 Å². The largest absolute Gasteiger partial charge is 0.355 e. The highest BCUT2D eigenvalue weighted by Gasteiger charge is 2.11. The van der Waals surface area contributed by atoms with E-state index in [2.05, 4.69) is 57.5 Å². The molecule has 0 heterocycles. The molecule has 25 heavy (non-hydrogen) atoms. The molecule has 0 atom stereocenters. The molecule has 0 aliphatic heterocycles. The van der Waals surface area contributed by atoms with Crippen molar-refractivity contribution in [3.63, 3.8) is 0 Å². The van der Waals surface area contributed by atoms with Crippen molar-refractivity contribution in [3.8, 4) is 0 Å². The Labute approximate surface area is 162 Å². The number of amides is 2. The van der Waals surface area contributed by atoms with Gasteiger partial charge < -0.3 is 16.0 Å². The van der Waals surface area contributed by atoms with Crippen molar-refractivity contribution < 1.29 is 9.59 Å². The van der Waals surface area contributed by atoms with Crippen molar-refractivity contribution in [2.75, 3.05) is 37.7 Å². The van der Waals surface area contributed by atoms with Crippen molar-refractivity contribution in [1.29, 1.82) is 0 Å². The summed E-state index contributed by atoms with van der Waals surface area (Å²) in [6.07, 6.45) is 0.897. The molecule has 5 nitrogen and oxygen atoms in total. The maximum absolute atomic E-state index is 11.7. The van der Waals surface area contributed by atoms with Crippen LogP contribution in [-0.4, -0.2) is 59.0 Å².